The number of rotatable bonds is 4. The fourth-order valence-corrected chi connectivity index (χ4v) is 2.22. The molecule has 0 aliphatic rings. The van der Waals surface area contributed by atoms with E-state index >= 15 is 0 Å². The average molecular weight is 283 g/mol. The van der Waals surface area contributed by atoms with Gasteiger partial charge in [0.1, 0.15) is 0 Å². The van der Waals surface area contributed by atoms with Crippen molar-refractivity contribution in [3.05, 3.63) is 29.3 Å². The molecule has 0 spiro atoms. The van der Waals surface area contributed by atoms with Crippen molar-refractivity contribution in [2.45, 2.75) is 17.5 Å². The molecule has 1 aromatic rings. The highest BCUT2D eigenvalue weighted by Gasteiger charge is 2.31. The summed E-state index contributed by atoms with van der Waals surface area (Å²) in [5.74, 6) is 0. The fourth-order valence-electron chi connectivity index (χ4n) is 1.44. The molecule has 1 rings (SSSR count). The number of halogens is 3. The van der Waals surface area contributed by atoms with Crippen LogP contribution in [0.1, 0.15) is 11.1 Å². The Morgan fingerprint density at radius 1 is 1.33 bits per heavy atom. The normalized spacial score (nSPS) is 12.7. The van der Waals surface area contributed by atoms with Crippen LogP contribution in [0.25, 0.3) is 0 Å². The first-order chi connectivity index (χ1) is 8.16. The summed E-state index contributed by atoms with van der Waals surface area (Å²) < 4.78 is 64.7. The van der Waals surface area contributed by atoms with Gasteiger partial charge in [-0.15, -0.1) is 0 Å². The lowest BCUT2D eigenvalue weighted by Crippen LogP contribution is -2.16. The summed E-state index contributed by atoms with van der Waals surface area (Å²) in [5, 5.41) is 4.94. The molecule has 0 saturated carbocycles. The molecule has 0 saturated heterocycles. The van der Waals surface area contributed by atoms with E-state index in [2.05, 4.69) is 0 Å². The van der Waals surface area contributed by atoms with Gasteiger partial charge in [0, 0.05) is 7.11 Å². The molecular weight excluding hydrogens is 271 g/mol. The molecule has 0 aromatic heterocycles. The SMILES string of the molecule is COCCc1cc(C(F)(F)F)ccc1S(N)(=O)=O. The molecule has 0 amide bonds. The molecule has 0 unspecified atom stereocenters. The highest BCUT2D eigenvalue weighted by molar-refractivity contribution is 7.89. The zero-order valence-electron chi connectivity index (χ0n) is 9.49. The summed E-state index contributed by atoms with van der Waals surface area (Å²) in [5.41, 5.74) is -0.921. The second kappa shape index (κ2) is 5.25. The summed E-state index contributed by atoms with van der Waals surface area (Å²) in [4.78, 5) is -0.312. The molecular formula is C10H12F3NO3S. The molecule has 8 heteroatoms. The standard InChI is InChI=1S/C10H12F3NO3S/c1-17-5-4-7-6-8(10(11,12)13)2-3-9(7)18(14,15)16/h2-3,6H,4-5H2,1H3,(H2,14,15,16). The van der Waals surface area contributed by atoms with Crippen molar-refractivity contribution in [1.29, 1.82) is 0 Å². The van der Waals surface area contributed by atoms with Crippen LogP contribution >= 0.6 is 0 Å². The Bertz CT molecular complexity index is 526. The molecule has 1 aromatic carbocycles. The zero-order valence-corrected chi connectivity index (χ0v) is 10.3. The minimum Gasteiger partial charge on any atom is -0.384 e. The summed E-state index contributed by atoms with van der Waals surface area (Å²) in [6.45, 7) is 0.101. The molecule has 0 aliphatic carbocycles. The van der Waals surface area contributed by atoms with Gasteiger partial charge in [-0.2, -0.15) is 13.2 Å². The Hall–Kier alpha value is -1.12. The van der Waals surface area contributed by atoms with E-state index in [0.717, 1.165) is 12.1 Å². The van der Waals surface area contributed by atoms with Crippen LogP contribution in [-0.2, 0) is 27.4 Å². The van der Waals surface area contributed by atoms with Crippen molar-refractivity contribution in [3.63, 3.8) is 0 Å². The molecule has 18 heavy (non-hydrogen) atoms. The molecule has 0 fully saturated rings. The topological polar surface area (TPSA) is 69.4 Å². The lowest BCUT2D eigenvalue weighted by Gasteiger charge is -2.12. The van der Waals surface area contributed by atoms with Crippen LogP contribution in [0, 0.1) is 0 Å². The van der Waals surface area contributed by atoms with Gasteiger partial charge in [0.15, 0.2) is 0 Å². The maximum atomic E-state index is 12.5. The monoisotopic (exact) mass is 283 g/mol. The van der Waals surface area contributed by atoms with Gasteiger partial charge < -0.3 is 4.74 Å². The highest BCUT2D eigenvalue weighted by atomic mass is 32.2. The van der Waals surface area contributed by atoms with E-state index < -0.39 is 21.8 Å². The summed E-state index contributed by atoms with van der Waals surface area (Å²) >= 11 is 0. The Balaban J connectivity index is 3.30. The van der Waals surface area contributed by atoms with Crippen molar-refractivity contribution in [3.8, 4) is 0 Å². The van der Waals surface area contributed by atoms with Gasteiger partial charge in [0.05, 0.1) is 17.1 Å². The molecule has 0 atom stereocenters. The molecule has 0 aliphatic heterocycles. The van der Waals surface area contributed by atoms with Gasteiger partial charge in [0.25, 0.3) is 0 Å². The molecule has 102 valence electrons. The van der Waals surface area contributed by atoms with Crippen LogP contribution in [0.15, 0.2) is 23.1 Å². The van der Waals surface area contributed by atoms with E-state index in [1.807, 2.05) is 0 Å². The minimum absolute atomic E-state index is 0.00539. The zero-order chi connectivity index (χ0) is 14.0. The molecule has 4 nitrogen and oxygen atoms in total. The van der Waals surface area contributed by atoms with E-state index in [-0.39, 0.29) is 23.5 Å². The number of hydrogen-bond donors (Lipinski definition) is 1. The largest absolute Gasteiger partial charge is 0.416 e. The van der Waals surface area contributed by atoms with Gasteiger partial charge in [-0.05, 0) is 30.2 Å². The average Bonchev–Trinajstić information content (AvgIpc) is 2.23. The first kappa shape index (κ1) is 14.9. The predicted molar refractivity (Wildman–Crippen MR) is 58.4 cm³/mol. The molecule has 2 N–H and O–H groups in total. The second-order valence-corrected chi connectivity index (χ2v) is 5.14. The number of ether oxygens (including phenoxy) is 1. The third kappa shape index (κ3) is 3.69. The Morgan fingerprint density at radius 2 is 1.94 bits per heavy atom. The number of nitrogens with two attached hydrogens (primary N) is 1. The lowest BCUT2D eigenvalue weighted by molar-refractivity contribution is -0.137. The van der Waals surface area contributed by atoms with E-state index in [0.29, 0.717) is 6.07 Å². The Morgan fingerprint density at radius 3 is 2.39 bits per heavy atom. The number of primary sulfonamides is 1. The van der Waals surface area contributed by atoms with Crippen molar-refractivity contribution < 1.29 is 26.3 Å². The van der Waals surface area contributed by atoms with Crippen molar-refractivity contribution >= 4 is 10.0 Å². The summed E-state index contributed by atoms with van der Waals surface area (Å²) in [7, 11) is -2.68. The fraction of sp³-hybridized carbons (Fsp3) is 0.400. The predicted octanol–water partition coefficient (Wildman–Crippen LogP) is 1.54. The highest BCUT2D eigenvalue weighted by Crippen LogP contribution is 2.31. The second-order valence-electron chi connectivity index (χ2n) is 3.61. The Kier molecular flexibility index (Phi) is 4.36. The number of hydrogen-bond acceptors (Lipinski definition) is 3. The number of benzene rings is 1. The maximum Gasteiger partial charge on any atom is 0.416 e. The quantitative estimate of drug-likeness (QED) is 0.911. The number of alkyl halides is 3. The van der Waals surface area contributed by atoms with Gasteiger partial charge in [0.2, 0.25) is 10.0 Å². The lowest BCUT2D eigenvalue weighted by atomic mass is 10.1. The third-order valence-electron chi connectivity index (χ3n) is 2.27. The van der Waals surface area contributed by atoms with Crippen molar-refractivity contribution in [2.24, 2.45) is 5.14 Å². The number of methoxy groups -OCH3 is 1. The third-order valence-corrected chi connectivity index (χ3v) is 3.28. The Labute approximate surface area is 103 Å². The van der Waals surface area contributed by atoms with Gasteiger partial charge in [-0.3, -0.25) is 0 Å². The van der Waals surface area contributed by atoms with Crippen LogP contribution in [0.4, 0.5) is 13.2 Å². The smallest absolute Gasteiger partial charge is 0.384 e. The first-order valence-corrected chi connectivity index (χ1v) is 6.42. The molecule has 0 bridgehead atoms. The minimum atomic E-state index is -4.53. The van der Waals surface area contributed by atoms with Gasteiger partial charge >= 0.3 is 6.18 Å². The van der Waals surface area contributed by atoms with Crippen LogP contribution in [0.5, 0.6) is 0 Å². The summed E-state index contributed by atoms with van der Waals surface area (Å²) in [6.07, 6.45) is -4.50. The van der Waals surface area contributed by atoms with E-state index in [1.165, 1.54) is 7.11 Å². The van der Waals surface area contributed by atoms with E-state index in [1.54, 1.807) is 0 Å². The first-order valence-electron chi connectivity index (χ1n) is 4.88. The van der Waals surface area contributed by atoms with E-state index in [4.69, 9.17) is 9.88 Å². The van der Waals surface area contributed by atoms with Crippen LogP contribution in [0.2, 0.25) is 0 Å². The van der Waals surface area contributed by atoms with Crippen LogP contribution in [0.3, 0.4) is 0 Å². The van der Waals surface area contributed by atoms with Crippen molar-refractivity contribution in [2.75, 3.05) is 13.7 Å². The summed E-state index contributed by atoms with van der Waals surface area (Å²) in [6, 6.07) is 2.33. The molecule has 0 radical (unpaired) electrons. The van der Waals surface area contributed by atoms with E-state index in [9.17, 15) is 21.6 Å². The van der Waals surface area contributed by atoms with Crippen molar-refractivity contribution in [1.82, 2.24) is 0 Å². The van der Waals surface area contributed by atoms with Gasteiger partial charge in [-0.25, -0.2) is 13.6 Å². The van der Waals surface area contributed by atoms with Crippen LogP contribution in [-0.4, -0.2) is 22.1 Å². The maximum absolute atomic E-state index is 12.5. The van der Waals surface area contributed by atoms with Gasteiger partial charge in [-0.1, -0.05) is 0 Å². The molecule has 0 heterocycles. The number of sulfonamides is 1. The van der Waals surface area contributed by atoms with Crippen LogP contribution < -0.4 is 5.14 Å².